The van der Waals surface area contributed by atoms with Gasteiger partial charge < -0.3 is 4.74 Å². The van der Waals surface area contributed by atoms with Crippen LogP contribution in [0.1, 0.15) is 0 Å². The number of ether oxygens (including phenoxy) is 1. The van der Waals surface area contributed by atoms with E-state index < -0.39 is 0 Å². The van der Waals surface area contributed by atoms with E-state index >= 15 is 0 Å². The molecule has 8 heteroatoms. The molecule has 0 unspecified atom stereocenters. The van der Waals surface area contributed by atoms with Crippen LogP contribution in [0.5, 0.6) is 5.88 Å². The summed E-state index contributed by atoms with van der Waals surface area (Å²) in [6.45, 7) is 0. The molecule has 0 fully saturated rings. The number of hydrazine groups is 2. The van der Waals surface area contributed by atoms with Gasteiger partial charge in [0.1, 0.15) is 11.5 Å². The van der Waals surface area contributed by atoms with Crippen LogP contribution in [0.15, 0.2) is 41.9 Å². The zero-order valence-electron chi connectivity index (χ0n) is 11.9. The van der Waals surface area contributed by atoms with Crippen molar-refractivity contribution in [3.63, 3.8) is 0 Å². The molecule has 3 rings (SSSR count). The third-order valence-electron chi connectivity index (χ3n) is 3.16. The Morgan fingerprint density at radius 2 is 2.00 bits per heavy atom. The summed E-state index contributed by atoms with van der Waals surface area (Å²) in [5, 5.41) is 4.75. The summed E-state index contributed by atoms with van der Waals surface area (Å²) < 4.78 is 5.16. The second kappa shape index (κ2) is 6.00. The number of hydrogen-bond donors (Lipinski definition) is 1. The van der Waals surface area contributed by atoms with Gasteiger partial charge >= 0.3 is 0 Å². The maximum atomic E-state index is 6.15. The molecule has 1 aromatic carbocycles. The maximum absolute atomic E-state index is 6.15. The van der Waals surface area contributed by atoms with Gasteiger partial charge in [-0.3, -0.25) is 10.4 Å². The van der Waals surface area contributed by atoms with Crippen molar-refractivity contribution < 1.29 is 4.74 Å². The van der Waals surface area contributed by atoms with Crippen molar-refractivity contribution in [2.75, 3.05) is 19.2 Å². The number of nitrogens with one attached hydrogen (secondary N) is 1. The minimum Gasteiger partial charge on any atom is -0.481 e. The summed E-state index contributed by atoms with van der Waals surface area (Å²) >= 11 is 12.2. The second-order valence-electron chi connectivity index (χ2n) is 4.56. The molecular formula is C14H13Cl2N5O. The highest BCUT2D eigenvalue weighted by Gasteiger charge is 2.22. The first kappa shape index (κ1) is 14.9. The van der Waals surface area contributed by atoms with Gasteiger partial charge in [0.05, 0.1) is 24.7 Å². The van der Waals surface area contributed by atoms with Crippen LogP contribution in [0.4, 0.5) is 5.69 Å². The van der Waals surface area contributed by atoms with Crippen LogP contribution in [-0.2, 0) is 0 Å². The third-order valence-corrected chi connectivity index (χ3v) is 3.58. The van der Waals surface area contributed by atoms with Gasteiger partial charge in [0.25, 0.3) is 0 Å². The molecule has 0 atom stereocenters. The molecule has 1 aliphatic heterocycles. The Balaban J connectivity index is 2.12. The summed E-state index contributed by atoms with van der Waals surface area (Å²) in [5.74, 6) is 0.484. The van der Waals surface area contributed by atoms with Crippen LogP contribution in [0.2, 0.25) is 5.02 Å². The van der Waals surface area contributed by atoms with Gasteiger partial charge in [-0.05, 0) is 18.2 Å². The molecule has 2 aromatic rings. The Kier molecular flexibility index (Phi) is 4.06. The van der Waals surface area contributed by atoms with E-state index in [1.54, 1.807) is 24.5 Å². The molecule has 114 valence electrons. The first-order valence-corrected chi connectivity index (χ1v) is 7.17. The predicted octanol–water partition coefficient (Wildman–Crippen LogP) is 3.01. The molecule has 6 nitrogen and oxygen atoms in total. The average molecular weight is 338 g/mol. The van der Waals surface area contributed by atoms with Gasteiger partial charge in [0.2, 0.25) is 5.88 Å². The van der Waals surface area contributed by atoms with Crippen LogP contribution in [0.25, 0.3) is 11.3 Å². The molecule has 0 saturated heterocycles. The number of nitrogens with zero attached hydrogens (tertiary/aromatic N) is 4. The fourth-order valence-corrected chi connectivity index (χ4v) is 2.56. The van der Waals surface area contributed by atoms with Crippen LogP contribution in [0, 0.1) is 0 Å². The Morgan fingerprint density at radius 3 is 2.68 bits per heavy atom. The van der Waals surface area contributed by atoms with Gasteiger partial charge in [0, 0.05) is 23.7 Å². The number of rotatable bonds is 3. The van der Waals surface area contributed by atoms with Crippen LogP contribution >= 0.6 is 23.2 Å². The molecule has 2 heterocycles. The molecule has 1 N–H and O–H groups in total. The molecule has 1 aliphatic rings. The predicted molar refractivity (Wildman–Crippen MR) is 86.3 cm³/mol. The van der Waals surface area contributed by atoms with E-state index in [2.05, 4.69) is 15.4 Å². The third kappa shape index (κ3) is 2.81. The van der Waals surface area contributed by atoms with E-state index in [1.807, 2.05) is 30.3 Å². The van der Waals surface area contributed by atoms with Gasteiger partial charge in [-0.2, -0.15) is 0 Å². The Bertz CT molecular complexity index is 737. The minimum absolute atomic E-state index is 0.484. The maximum Gasteiger partial charge on any atom is 0.216 e. The summed E-state index contributed by atoms with van der Waals surface area (Å²) in [6.07, 6.45) is 3.22. The normalized spacial score (nSPS) is 14.7. The zero-order valence-corrected chi connectivity index (χ0v) is 13.4. The highest BCUT2D eigenvalue weighted by atomic mass is 35.5. The molecule has 22 heavy (non-hydrogen) atoms. The fourth-order valence-electron chi connectivity index (χ4n) is 2.17. The molecule has 1 aromatic heterocycles. The summed E-state index contributed by atoms with van der Waals surface area (Å²) in [5.41, 5.74) is 5.39. The number of halogens is 2. The quantitative estimate of drug-likeness (QED) is 0.869. The number of aromatic nitrogens is 2. The largest absolute Gasteiger partial charge is 0.481 e. The highest BCUT2D eigenvalue weighted by molar-refractivity contribution is 6.31. The van der Waals surface area contributed by atoms with Gasteiger partial charge in [-0.25, -0.2) is 9.97 Å². The molecule has 0 bridgehead atoms. The minimum atomic E-state index is 0.484. The molecule has 0 spiro atoms. The van der Waals surface area contributed by atoms with Crippen LogP contribution < -0.4 is 15.2 Å². The summed E-state index contributed by atoms with van der Waals surface area (Å²) in [7, 11) is 3.41. The van der Waals surface area contributed by atoms with Gasteiger partial charge in [0.15, 0.2) is 0 Å². The molecular weight excluding hydrogens is 325 g/mol. The molecule has 0 amide bonds. The van der Waals surface area contributed by atoms with E-state index in [1.165, 1.54) is 6.33 Å². The lowest BCUT2D eigenvalue weighted by Gasteiger charge is -2.26. The molecule has 0 radical (unpaired) electrons. The summed E-state index contributed by atoms with van der Waals surface area (Å²) in [4.78, 5) is 8.33. The van der Waals surface area contributed by atoms with Crippen LogP contribution in [-0.4, -0.2) is 29.2 Å². The van der Waals surface area contributed by atoms with E-state index in [0.717, 1.165) is 11.3 Å². The highest BCUT2D eigenvalue weighted by Crippen LogP contribution is 2.35. The van der Waals surface area contributed by atoms with Gasteiger partial charge in [-0.15, -0.1) is 5.12 Å². The Morgan fingerprint density at radius 1 is 1.18 bits per heavy atom. The van der Waals surface area contributed by atoms with E-state index in [4.69, 9.17) is 27.9 Å². The standard InChI is InChI=1S/C14H13Cl2N5O/c1-20-19-13(16)7-21(20)12-4-3-9(15)5-10(12)11-6-14(22-2)18-8-17-11/h3-8,19H,1-2H3. The first-order valence-electron chi connectivity index (χ1n) is 6.41. The Labute approximate surface area is 137 Å². The lowest BCUT2D eigenvalue weighted by molar-refractivity contribution is 0.299. The average Bonchev–Trinajstić information content (AvgIpc) is 2.86. The van der Waals surface area contributed by atoms with Crippen molar-refractivity contribution in [3.8, 4) is 17.1 Å². The monoisotopic (exact) mass is 337 g/mol. The molecule has 0 aliphatic carbocycles. The Hall–Kier alpha value is -2.02. The number of hydrogen-bond acceptors (Lipinski definition) is 6. The first-order chi connectivity index (χ1) is 10.6. The van der Waals surface area contributed by atoms with Crippen molar-refractivity contribution in [1.29, 1.82) is 0 Å². The SMILES string of the molecule is COc1cc(-c2cc(Cl)ccc2N2C=C(Cl)NN2C)ncn1. The van der Waals surface area contributed by atoms with Gasteiger partial charge in [-0.1, -0.05) is 23.2 Å². The van der Waals surface area contributed by atoms with E-state index in [0.29, 0.717) is 21.8 Å². The zero-order chi connectivity index (χ0) is 15.7. The van der Waals surface area contributed by atoms with E-state index in [9.17, 15) is 0 Å². The number of benzene rings is 1. The van der Waals surface area contributed by atoms with Crippen molar-refractivity contribution in [3.05, 3.63) is 47.0 Å². The lowest BCUT2D eigenvalue weighted by atomic mass is 10.1. The van der Waals surface area contributed by atoms with Crippen molar-refractivity contribution in [2.24, 2.45) is 0 Å². The lowest BCUT2D eigenvalue weighted by Crippen LogP contribution is -2.38. The van der Waals surface area contributed by atoms with Crippen molar-refractivity contribution >= 4 is 28.9 Å². The molecule has 0 saturated carbocycles. The second-order valence-corrected chi connectivity index (χ2v) is 5.41. The van der Waals surface area contributed by atoms with Crippen molar-refractivity contribution in [1.82, 2.24) is 20.5 Å². The smallest absolute Gasteiger partial charge is 0.216 e. The van der Waals surface area contributed by atoms with E-state index in [-0.39, 0.29) is 0 Å². The fraction of sp³-hybridized carbons (Fsp3) is 0.143. The van der Waals surface area contributed by atoms with Crippen molar-refractivity contribution in [2.45, 2.75) is 0 Å². The number of anilines is 1. The summed E-state index contributed by atoms with van der Waals surface area (Å²) in [6, 6.07) is 7.31. The number of methoxy groups -OCH3 is 1. The topological polar surface area (TPSA) is 53.5 Å². The van der Waals surface area contributed by atoms with Crippen LogP contribution in [0.3, 0.4) is 0 Å².